The summed E-state index contributed by atoms with van der Waals surface area (Å²) in [6.45, 7) is 0. The first-order valence-electron chi connectivity index (χ1n) is 8.35. The van der Waals surface area contributed by atoms with E-state index in [4.69, 9.17) is 9.47 Å². The predicted molar refractivity (Wildman–Crippen MR) is 95.0 cm³/mol. The zero-order valence-corrected chi connectivity index (χ0v) is 14.9. The third-order valence-electron chi connectivity index (χ3n) is 4.94. The van der Waals surface area contributed by atoms with Gasteiger partial charge in [-0.1, -0.05) is 60.7 Å². The van der Waals surface area contributed by atoms with Crippen molar-refractivity contribution in [2.24, 2.45) is 17.3 Å². The summed E-state index contributed by atoms with van der Waals surface area (Å²) in [4.78, 5) is 51.5. The van der Waals surface area contributed by atoms with Gasteiger partial charge in [0.05, 0.1) is 26.1 Å². The lowest BCUT2D eigenvalue weighted by Crippen LogP contribution is -2.33. The zero-order valence-electron chi connectivity index (χ0n) is 14.9. The fraction of sp³-hybridized carbons (Fsp3) is 0.238. The van der Waals surface area contributed by atoms with Gasteiger partial charge in [-0.2, -0.15) is 0 Å². The number of ether oxygens (including phenoxy) is 2. The number of ketones is 2. The predicted octanol–water partition coefficient (Wildman–Crippen LogP) is 2.33. The molecule has 0 radical (unpaired) electrons. The monoisotopic (exact) mass is 366 g/mol. The van der Waals surface area contributed by atoms with Crippen molar-refractivity contribution in [3.8, 4) is 0 Å². The van der Waals surface area contributed by atoms with Gasteiger partial charge < -0.3 is 9.47 Å². The molecule has 2 aromatic rings. The van der Waals surface area contributed by atoms with E-state index >= 15 is 0 Å². The van der Waals surface area contributed by atoms with Crippen molar-refractivity contribution in [2.45, 2.75) is 0 Å². The molecule has 0 bridgehead atoms. The molecule has 27 heavy (non-hydrogen) atoms. The summed E-state index contributed by atoms with van der Waals surface area (Å²) in [5, 5.41) is 0. The SMILES string of the molecule is COC(=O)[C@H]1[C@H](C(=O)OC)C1(C(=O)c1ccccc1)C(=O)c1ccccc1. The number of rotatable bonds is 6. The normalized spacial score (nSPS) is 19.6. The molecule has 0 saturated heterocycles. The quantitative estimate of drug-likeness (QED) is 0.443. The Labute approximate surface area is 156 Å². The Bertz CT molecular complexity index is 812. The van der Waals surface area contributed by atoms with Gasteiger partial charge in [-0.05, 0) is 0 Å². The first-order valence-corrected chi connectivity index (χ1v) is 8.35. The summed E-state index contributed by atoms with van der Waals surface area (Å²) < 4.78 is 9.55. The second-order valence-corrected chi connectivity index (χ2v) is 6.26. The topological polar surface area (TPSA) is 86.7 Å². The van der Waals surface area contributed by atoms with Crippen LogP contribution in [0.25, 0.3) is 0 Å². The lowest BCUT2D eigenvalue weighted by molar-refractivity contribution is -0.148. The second kappa shape index (κ2) is 7.15. The van der Waals surface area contributed by atoms with Crippen LogP contribution >= 0.6 is 0 Å². The molecule has 138 valence electrons. The number of esters is 2. The molecule has 0 N–H and O–H groups in total. The van der Waals surface area contributed by atoms with E-state index in [9.17, 15) is 19.2 Å². The summed E-state index contributed by atoms with van der Waals surface area (Å²) in [5.74, 6) is -5.23. The van der Waals surface area contributed by atoms with E-state index in [1.165, 1.54) is 0 Å². The summed E-state index contributed by atoms with van der Waals surface area (Å²) in [7, 11) is 2.31. The molecule has 2 atom stereocenters. The largest absolute Gasteiger partial charge is 0.469 e. The molecule has 6 nitrogen and oxygen atoms in total. The van der Waals surface area contributed by atoms with Crippen LogP contribution in [0.1, 0.15) is 20.7 Å². The fourth-order valence-electron chi connectivity index (χ4n) is 3.61. The Kier molecular flexibility index (Phi) is 4.90. The third kappa shape index (κ3) is 2.83. The van der Waals surface area contributed by atoms with Gasteiger partial charge in [0, 0.05) is 11.1 Å². The second-order valence-electron chi connectivity index (χ2n) is 6.26. The average Bonchev–Trinajstić information content (AvgIpc) is 3.43. The lowest BCUT2D eigenvalue weighted by atomic mass is 9.83. The maximum absolute atomic E-state index is 13.4. The summed E-state index contributed by atoms with van der Waals surface area (Å²) in [6, 6.07) is 16.2. The molecule has 6 heteroatoms. The van der Waals surface area contributed by atoms with Gasteiger partial charge in [0.2, 0.25) is 0 Å². The Morgan fingerprint density at radius 2 is 1.00 bits per heavy atom. The minimum atomic E-state index is -1.87. The highest BCUT2D eigenvalue weighted by atomic mass is 16.5. The van der Waals surface area contributed by atoms with E-state index in [2.05, 4.69) is 0 Å². The third-order valence-corrected chi connectivity index (χ3v) is 4.94. The van der Waals surface area contributed by atoms with Gasteiger partial charge in [-0.25, -0.2) is 0 Å². The number of carbonyl (C=O) groups excluding carboxylic acids is 4. The molecule has 0 amide bonds. The van der Waals surface area contributed by atoms with E-state index in [0.29, 0.717) is 0 Å². The number of Topliss-reactive ketones (excluding diaryl/α,β-unsaturated/α-hetero) is 2. The van der Waals surface area contributed by atoms with E-state index < -0.39 is 40.8 Å². The highest BCUT2D eigenvalue weighted by Gasteiger charge is 2.80. The number of hydrogen-bond donors (Lipinski definition) is 0. The molecule has 0 spiro atoms. The van der Waals surface area contributed by atoms with Gasteiger partial charge in [-0.15, -0.1) is 0 Å². The summed E-state index contributed by atoms with van der Waals surface area (Å²) in [5.41, 5.74) is -1.40. The molecule has 1 saturated carbocycles. The lowest BCUT2D eigenvalue weighted by Gasteiger charge is -2.16. The van der Waals surface area contributed by atoms with E-state index in [1.807, 2.05) is 0 Å². The Hall–Kier alpha value is -3.28. The molecule has 0 aromatic heterocycles. The Morgan fingerprint density at radius 3 is 1.30 bits per heavy atom. The molecular formula is C21H18O6. The smallest absolute Gasteiger partial charge is 0.311 e. The van der Waals surface area contributed by atoms with Gasteiger partial charge in [-0.3, -0.25) is 19.2 Å². The van der Waals surface area contributed by atoms with Crippen LogP contribution in [-0.4, -0.2) is 37.7 Å². The molecule has 1 fully saturated rings. The van der Waals surface area contributed by atoms with Crippen molar-refractivity contribution in [2.75, 3.05) is 14.2 Å². The highest BCUT2D eigenvalue weighted by molar-refractivity contribution is 6.28. The van der Waals surface area contributed by atoms with E-state index in [1.54, 1.807) is 60.7 Å². The van der Waals surface area contributed by atoms with Gasteiger partial charge >= 0.3 is 11.9 Å². The molecule has 1 aliphatic carbocycles. The molecule has 3 rings (SSSR count). The van der Waals surface area contributed by atoms with Crippen molar-refractivity contribution >= 4 is 23.5 Å². The number of benzene rings is 2. The Balaban J connectivity index is 2.18. The standard InChI is InChI=1S/C21H18O6/c1-26-19(24)15-16(20(25)27-2)21(15,17(22)13-9-5-3-6-10-13)18(23)14-11-7-4-8-12-14/h3-12,15-16H,1-2H3/t15-,16-/m1/s1. The van der Waals surface area contributed by atoms with Crippen LogP contribution in [0.5, 0.6) is 0 Å². The van der Waals surface area contributed by atoms with Crippen molar-refractivity contribution in [3.63, 3.8) is 0 Å². The van der Waals surface area contributed by atoms with Crippen LogP contribution in [0, 0.1) is 17.3 Å². The van der Waals surface area contributed by atoms with E-state index in [0.717, 1.165) is 14.2 Å². The minimum Gasteiger partial charge on any atom is -0.469 e. The van der Waals surface area contributed by atoms with Crippen LogP contribution in [0.2, 0.25) is 0 Å². The van der Waals surface area contributed by atoms with Crippen LogP contribution in [-0.2, 0) is 19.1 Å². The number of carbonyl (C=O) groups is 4. The molecule has 2 aromatic carbocycles. The van der Waals surface area contributed by atoms with Crippen molar-refractivity contribution in [1.29, 1.82) is 0 Å². The van der Waals surface area contributed by atoms with Crippen molar-refractivity contribution in [1.82, 2.24) is 0 Å². The number of methoxy groups -OCH3 is 2. The average molecular weight is 366 g/mol. The summed E-state index contributed by atoms with van der Waals surface area (Å²) >= 11 is 0. The van der Waals surface area contributed by atoms with Crippen LogP contribution < -0.4 is 0 Å². The first-order chi connectivity index (χ1) is 13.0. The van der Waals surface area contributed by atoms with Crippen molar-refractivity contribution in [3.05, 3.63) is 71.8 Å². The Morgan fingerprint density at radius 1 is 0.667 bits per heavy atom. The van der Waals surface area contributed by atoms with Crippen LogP contribution in [0.4, 0.5) is 0 Å². The fourth-order valence-corrected chi connectivity index (χ4v) is 3.61. The van der Waals surface area contributed by atoms with Crippen LogP contribution in [0.3, 0.4) is 0 Å². The molecule has 0 heterocycles. The van der Waals surface area contributed by atoms with Gasteiger partial charge in [0.15, 0.2) is 11.6 Å². The van der Waals surface area contributed by atoms with Crippen LogP contribution in [0.15, 0.2) is 60.7 Å². The van der Waals surface area contributed by atoms with Gasteiger partial charge in [0.1, 0.15) is 5.41 Å². The first kappa shape index (κ1) is 18.5. The maximum atomic E-state index is 13.4. The minimum absolute atomic E-state index is 0.238. The van der Waals surface area contributed by atoms with Gasteiger partial charge in [0.25, 0.3) is 0 Å². The van der Waals surface area contributed by atoms with E-state index in [-0.39, 0.29) is 11.1 Å². The molecule has 1 aliphatic rings. The maximum Gasteiger partial charge on any atom is 0.311 e. The molecular weight excluding hydrogens is 348 g/mol. The molecule has 0 aliphatic heterocycles. The molecule has 0 unspecified atom stereocenters. The summed E-state index contributed by atoms with van der Waals surface area (Å²) in [6.07, 6.45) is 0. The van der Waals surface area contributed by atoms with Crippen molar-refractivity contribution < 1.29 is 28.7 Å². The zero-order chi connectivity index (χ0) is 19.6. The highest BCUT2D eigenvalue weighted by Crippen LogP contribution is 2.63. The number of hydrogen-bond acceptors (Lipinski definition) is 6.